The number of nitrogens with zero attached hydrogens (tertiary/aromatic N) is 2. The molecule has 0 N–H and O–H groups in total. The highest BCUT2D eigenvalue weighted by molar-refractivity contribution is 6.09. The minimum Gasteiger partial charge on any atom is -0.493 e. The van der Waals surface area contributed by atoms with Gasteiger partial charge in [0.25, 0.3) is 0 Å². The van der Waals surface area contributed by atoms with Crippen molar-refractivity contribution in [3.63, 3.8) is 0 Å². The van der Waals surface area contributed by atoms with Crippen LogP contribution in [0.15, 0.2) is 109 Å². The zero-order chi connectivity index (χ0) is 33.5. The smallest absolute Gasteiger partial charge is 0.213 e. The largest absolute Gasteiger partial charge is 0.493 e. The Morgan fingerprint density at radius 2 is 0.720 bits per heavy atom. The van der Waals surface area contributed by atoms with Crippen molar-refractivity contribution >= 4 is 43.4 Å². The summed E-state index contributed by atoms with van der Waals surface area (Å²) in [5, 5.41) is 6.77. The summed E-state index contributed by atoms with van der Waals surface area (Å²) in [5.41, 5.74) is 3.87. The van der Waals surface area contributed by atoms with E-state index in [4.69, 9.17) is 28.9 Å². The number of pyridine rings is 2. The number of hydrogen-bond acceptors (Lipinski definition) is 6. The summed E-state index contributed by atoms with van der Waals surface area (Å²) in [6.45, 7) is 2.52. The normalized spacial score (nSPS) is 15.3. The summed E-state index contributed by atoms with van der Waals surface area (Å²) >= 11 is 0. The number of fused-ring (bicyclic) bond motifs is 9. The lowest BCUT2D eigenvalue weighted by molar-refractivity contribution is 0.281. The van der Waals surface area contributed by atoms with Crippen LogP contribution in [-0.2, 0) is 0 Å². The minimum absolute atomic E-state index is 0.616. The van der Waals surface area contributed by atoms with Crippen LogP contribution in [0.1, 0.15) is 51.4 Å². The molecular weight excluding hydrogens is 620 g/mol. The molecule has 7 aromatic rings. The SMILES string of the molecule is c1ccc2c3c(ccc2c1)OCCCCCCOc1ccc2ccc4ccc(nc4c2n1)OCCCCCCOc1ccc2ccccc2c1-3. The monoisotopic (exact) mass is 662 g/mol. The molecule has 4 bridgehead atoms. The Labute approximate surface area is 293 Å². The Morgan fingerprint density at radius 3 is 1.18 bits per heavy atom. The molecule has 0 aliphatic carbocycles. The van der Waals surface area contributed by atoms with E-state index in [0.29, 0.717) is 38.2 Å². The first-order valence-corrected chi connectivity index (χ1v) is 18.1. The number of aromatic nitrogens is 2. The first kappa shape index (κ1) is 31.9. The summed E-state index contributed by atoms with van der Waals surface area (Å²) < 4.78 is 25.5. The fourth-order valence-electron chi connectivity index (χ4n) is 6.99. The van der Waals surface area contributed by atoms with Crippen LogP contribution in [0.25, 0.3) is 54.5 Å². The highest BCUT2D eigenvalue weighted by atomic mass is 16.5. The van der Waals surface area contributed by atoms with Gasteiger partial charge in [-0.15, -0.1) is 0 Å². The average Bonchev–Trinajstić information content (AvgIpc) is 3.16. The molecule has 0 radical (unpaired) electrons. The van der Waals surface area contributed by atoms with Crippen molar-refractivity contribution in [3.8, 4) is 34.4 Å². The second-order valence-electron chi connectivity index (χ2n) is 13.0. The van der Waals surface area contributed by atoms with E-state index >= 15 is 0 Å². The predicted octanol–water partition coefficient (Wildman–Crippen LogP) is 11.1. The molecule has 1 aliphatic heterocycles. The quantitative estimate of drug-likeness (QED) is 0.151. The number of rotatable bonds is 0. The van der Waals surface area contributed by atoms with E-state index in [1.807, 2.05) is 12.1 Å². The van der Waals surface area contributed by atoms with Crippen LogP contribution in [0.3, 0.4) is 0 Å². The lowest BCUT2D eigenvalue weighted by Gasteiger charge is -2.20. The standard InChI is InChI=1S/C44H42N2O4/c1-3-11-29-49-39-25-21-33-17-18-34-22-26-40(46-44(34)43(33)45-39)50-30-12-4-2-10-28-48-38-24-20-32-14-6-8-16-36(32)42(38)41-35-15-7-5-13-31(35)19-23-37(41)47-27-9-1/h5-8,13-26H,1-4,9-12,27-30H2. The summed E-state index contributed by atoms with van der Waals surface area (Å²) in [6, 6.07) is 37.9. The van der Waals surface area contributed by atoms with Gasteiger partial charge in [-0.1, -0.05) is 72.8 Å². The first-order chi connectivity index (χ1) is 24.8. The molecule has 0 unspecified atom stereocenters. The maximum absolute atomic E-state index is 6.62. The van der Waals surface area contributed by atoms with Gasteiger partial charge < -0.3 is 18.9 Å². The summed E-state index contributed by atoms with van der Waals surface area (Å²) in [7, 11) is 0. The van der Waals surface area contributed by atoms with Gasteiger partial charge in [0.2, 0.25) is 11.8 Å². The third-order valence-corrected chi connectivity index (χ3v) is 9.59. The zero-order valence-electron chi connectivity index (χ0n) is 28.4. The highest BCUT2D eigenvalue weighted by Crippen LogP contribution is 2.45. The van der Waals surface area contributed by atoms with Gasteiger partial charge in [-0.05, 0) is 97.2 Å². The van der Waals surface area contributed by atoms with Gasteiger partial charge in [-0.25, -0.2) is 9.97 Å². The third-order valence-electron chi connectivity index (χ3n) is 9.59. The van der Waals surface area contributed by atoms with Gasteiger partial charge in [-0.2, -0.15) is 0 Å². The predicted molar refractivity (Wildman–Crippen MR) is 203 cm³/mol. The van der Waals surface area contributed by atoms with Gasteiger partial charge >= 0.3 is 0 Å². The average molecular weight is 663 g/mol. The molecule has 0 saturated carbocycles. The Bertz CT molecular complexity index is 2110. The second kappa shape index (κ2) is 15.0. The molecule has 252 valence electrons. The lowest BCUT2D eigenvalue weighted by atomic mass is 9.92. The van der Waals surface area contributed by atoms with E-state index in [0.717, 1.165) is 95.8 Å². The molecule has 6 nitrogen and oxygen atoms in total. The van der Waals surface area contributed by atoms with E-state index in [1.165, 1.54) is 21.5 Å². The van der Waals surface area contributed by atoms with Crippen molar-refractivity contribution in [2.75, 3.05) is 26.4 Å². The summed E-state index contributed by atoms with van der Waals surface area (Å²) in [4.78, 5) is 9.72. The molecule has 5 aromatic carbocycles. The molecule has 1 aliphatic rings. The van der Waals surface area contributed by atoms with E-state index in [1.54, 1.807) is 0 Å². The first-order valence-electron chi connectivity index (χ1n) is 18.1. The van der Waals surface area contributed by atoms with Gasteiger partial charge in [0, 0.05) is 34.0 Å². The zero-order valence-corrected chi connectivity index (χ0v) is 28.4. The minimum atomic E-state index is 0.616. The molecule has 3 heterocycles. The van der Waals surface area contributed by atoms with Gasteiger partial charge in [-0.3, -0.25) is 0 Å². The van der Waals surface area contributed by atoms with Gasteiger partial charge in [0.05, 0.1) is 26.4 Å². The molecule has 8 rings (SSSR count). The Morgan fingerprint density at radius 1 is 0.340 bits per heavy atom. The molecule has 0 spiro atoms. The lowest BCUT2D eigenvalue weighted by Crippen LogP contribution is -2.04. The van der Waals surface area contributed by atoms with Crippen LogP contribution in [-0.4, -0.2) is 36.4 Å². The Balaban J connectivity index is 1.06. The summed E-state index contributed by atoms with van der Waals surface area (Å²) in [5.74, 6) is 3.04. The van der Waals surface area contributed by atoms with Crippen LogP contribution in [0.2, 0.25) is 0 Å². The van der Waals surface area contributed by atoms with Crippen LogP contribution < -0.4 is 18.9 Å². The van der Waals surface area contributed by atoms with Crippen LogP contribution in [0.5, 0.6) is 23.3 Å². The van der Waals surface area contributed by atoms with Crippen molar-refractivity contribution in [1.29, 1.82) is 0 Å². The van der Waals surface area contributed by atoms with E-state index < -0.39 is 0 Å². The van der Waals surface area contributed by atoms with Gasteiger partial charge in [0.15, 0.2) is 0 Å². The Hall–Kier alpha value is -5.36. The van der Waals surface area contributed by atoms with Crippen LogP contribution >= 0.6 is 0 Å². The molecule has 0 fully saturated rings. The van der Waals surface area contributed by atoms with E-state index in [2.05, 4.69) is 97.1 Å². The summed E-state index contributed by atoms with van der Waals surface area (Å²) in [6.07, 6.45) is 8.02. The molecule has 0 saturated heterocycles. The second-order valence-corrected chi connectivity index (χ2v) is 13.0. The maximum atomic E-state index is 6.62. The van der Waals surface area contributed by atoms with Crippen molar-refractivity contribution in [3.05, 3.63) is 109 Å². The van der Waals surface area contributed by atoms with Crippen molar-refractivity contribution in [1.82, 2.24) is 9.97 Å². The van der Waals surface area contributed by atoms with Crippen molar-refractivity contribution in [2.24, 2.45) is 0 Å². The molecule has 0 amide bonds. The Kier molecular flexibility index (Phi) is 9.59. The third kappa shape index (κ3) is 6.88. The number of ether oxygens (including phenoxy) is 4. The molecule has 0 atom stereocenters. The molecular formula is C44H42N2O4. The number of hydrogen-bond donors (Lipinski definition) is 0. The van der Waals surface area contributed by atoms with Crippen LogP contribution in [0, 0.1) is 0 Å². The van der Waals surface area contributed by atoms with E-state index in [9.17, 15) is 0 Å². The highest BCUT2D eigenvalue weighted by Gasteiger charge is 2.19. The fraction of sp³-hybridized carbons (Fsp3) is 0.273. The molecule has 6 heteroatoms. The van der Waals surface area contributed by atoms with Crippen molar-refractivity contribution < 1.29 is 18.9 Å². The number of benzene rings is 5. The maximum Gasteiger partial charge on any atom is 0.213 e. The van der Waals surface area contributed by atoms with Gasteiger partial charge in [0.1, 0.15) is 22.5 Å². The van der Waals surface area contributed by atoms with Crippen molar-refractivity contribution in [2.45, 2.75) is 51.4 Å². The topological polar surface area (TPSA) is 62.7 Å². The van der Waals surface area contributed by atoms with Crippen LogP contribution in [0.4, 0.5) is 0 Å². The molecule has 50 heavy (non-hydrogen) atoms. The van der Waals surface area contributed by atoms with E-state index in [-0.39, 0.29) is 0 Å². The molecule has 2 aromatic heterocycles. The fourth-order valence-corrected chi connectivity index (χ4v) is 6.99.